The fourth-order valence-electron chi connectivity index (χ4n) is 2.68. The van der Waals surface area contributed by atoms with Crippen LogP contribution in [0.25, 0.3) is 11.4 Å². The number of hydrogen-bond donors (Lipinski definition) is 0. The molecule has 0 aliphatic heterocycles. The van der Waals surface area contributed by atoms with E-state index in [1.807, 2.05) is 36.4 Å². The van der Waals surface area contributed by atoms with Crippen molar-refractivity contribution in [3.05, 3.63) is 84.4 Å². The van der Waals surface area contributed by atoms with Gasteiger partial charge in [-0.2, -0.15) is 4.98 Å². The number of nitrogens with zero attached hydrogens (tertiary/aromatic N) is 3. The number of aromatic nitrogens is 3. The van der Waals surface area contributed by atoms with Gasteiger partial charge in [0.25, 0.3) is 5.89 Å². The first kappa shape index (κ1) is 19.1. The summed E-state index contributed by atoms with van der Waals surface area (Å²) in [7, 11) is 1.56. The third-order valence-electron chi connectivity index (χ3n) is 4.09. The fraction of sp³-hybridized carbons (Fsp3) is 0.0909. The summed E-state index contributed by atoms with van der Waals surface area (Å²) in [6, 6.07) is 19.5. The lowest BCUT2D eigenvalue weighted by Gasteiger charge is -2.08. The molecule has 150 valence electrons. The van der Waals surface area contributed by atoms with Crippen molar-refractivity contribution >= 4 is 5.97 Å². The Kier molecular flexibility index (Phi) is 5.66. The molecule has 2 aromatic heterocycles. The molecule has 30 heavy (non-hydrogen) atoms. The molecule has 0 N–H and O–H groups in total. The molecule has 0 bridgehead atoms. The molecule has 4 rings (SSSR count). The molecule has 0 aliphatic carbocycles. The lowest BCUT2D eigenvalue weighted by molar-refractivity contribution is 0.0426. The van der Waals surface area contributed by atoms with Gasteiger partial charge in [-0.1, -0.05) is 35.5 Å². The molecule has 0 unspecified atom stereocenters. The number of carbonyl (C=O) groups excluding carboxylic acids is 1. The molecule has 8 heteroatoms. The zero-order valence-corrected chi connectivity index (χ0v) is 16.0. The Balaban J connectivity index is 1.45. The summed E-state index contributed by atoms with van der Waals surface area (Å²) >= 11 is 0. The van der Waals surface area contributed by atoms with Gasteiger partial charge in [-0.25, -0.2) is 9.78 Å². The van der Waals surface area contributed by atoms with Gasteiger partial charge in [-0.15, -0.1) is 0 Å². The van der Waals surface area contributed by atoms with Gasteiger partial charge in [0.2, 0.25) is 11.7 Å². The first-order chi connectivity index (χ1) is 14.7. The topological polar surface area (TPSA) is 96.6 Å². The van der Waals surface area contributed by atoms with E-state index in [0.29, 0.717) is 22.9 Å². The minimum atomic E-state index is -0.619. The SMILES string of the molecule is COc1ccccc1-c1noc(COC(=O)c2cccnc2Oc2ccccc2)n1. The van der Waals surface area contributed by atoms with E-state index in [-0.39, 0.29) is 23.9 Å². The first-order valence-electron chi connectivity index (χ1n) is 9.05. The quantitative estimate of drug-likeness (QED) is 0.422. The van der Waals surface area contributed by atoms with Crippen LogP contribution < -0.4 is 9.47 Å². The van der Waals surface area contributed by atoms with Crippen LogP contribution in [0.2, 0.25) is 0 Å². The number of pyridine rings is 1. The normalized spacial score (nSPS) is 10.4. The van der Waals surface area contributed by atoms with Crippen LogP contribution in [0.1, 0.15) is 16.2 Å². The standard InChI is InChI=1S/C22H17N3O5/c1-27-18-12-6-5-10-16(18)20-24-19(30-25-20)14-28-22(26)17-11-7-13-23-21(17)29-15-8-3-2-4-9-15/h2-13H,14H2,1H3. The van der Waals surface area contributed by atoms with Gasteiger partial charge in [0.05, 0.1) is 12.7 Å². The van der Waals surface area contributed by atoms with E-state index in [9.17, 15) is 4.79 Å². The maximum atomic E-state index is 12.6. The average Bonchev–Trinajstić information content (AvgIpc) is 3.27. The van der Waals surface area contributed by atoms with E-state index < -0.39 is 5.97 Å². The minimum Gasteiger partial charge on any atom is -0.496 e. The van der Waals surface area contributed by atoms with Crippen molar-refractivity contribution in [1.29, 1.82) is 0 Å². The van der Waals surface area contributed by atoms with Crippen molar-refractivity contribution < 1.29 is 23.5 Å². The Hall–Kier alpha value is -4.20. The van der Waals surface area contributed by atoms with Gasteiger partial charge in [-0.3, -0.25) is 0 Å². The average molecular weight is 403 g/mol. The molecule has 0 saturated carbocycles. The highest BCUT2D eigenvalue weighted by atomic mass is 16.6. The third-order valence-corrected chi connectivity index (χ3v) is 4.09. The zero-order chi connectivity index (χ0) is 20.8. The molecule has 4 aromatic rings. The number of esters is 1. The molecule has 0 radical (unpaired) electrons. The van der Waals surface area contributed by atoms with E-state index in [0.717, 1.165) is 0 Å². The van der Waals surface area contributed by atoms with E-state index >= 15 is 0 Å². The summed E-state index contributed by atoms with van der Waals surface area (Å²) in [6.45, 7) is -0.194. The summed E-state index contributed by atoms with van der Waals surface area (Å²) in [5, 5.41) is 3.92. The maximum Gasteiger partial charge on any atom is 0.344 e. The lowest BCUT2D eigenvalue weighted by Crippen LogP contribution is -2.08. The van der Waals surface area contributed by atoms with Crippen molar-refractivity contribution in [2.24, 2.45) is 0 Å². The molecule has 2 heterocycles. The molecular formula is C22H17N3O5. The van der Waals surface area contributed by atoms with Gasteiger partial charge in [0, 0.05) is 6.20 Å². The van der Waals surface area contributed by atoms with Crippen LogP contribution in [0.4, 0.5) is 0 Å². The second-order valence-electron chi connectivity index (χ2n) is 6.06. The van der Waals surface area contributed by atoms with Crippen LogP contribution in [0.5, 0.6) is 17.4 Å². The highest BCUT2D eigenvalue weighted by Crippen LogP contribution is 2.27. The maximum absolute atomic E-state index is 12.6. The molecule has 0 saturated heterocycles. The van der Waals surface area contributed by atoms with Crippen LogP contribution >= 0.6 is 0 Å². The van der Waals surface area contributed by atoms with Crippen LogP contribution in [-0.4, -0.2) is 28.2 Å². The van der Waals surface area contributed by atoms with Crippen molar-refractivity contribution in [3.63, 3.8) is 0 Å². The highest BCUT2D eigenvalue weighted by molar-refractivity contribution is 5.91. The summed E-state index contributed by atoms with van der Waals surface area (Å²) in [4.78, 5) is 20.9. The molecule has 2 aromatic carbocycles. The summed E-state index contributed by atoms with van der Waals surface area (Å²) in [5.74, 6) is 1.19. The van der Waals surface area contributed by atoms with Crippen molar-refractivity contribution in [2.45, 2.75) is 6.61 Å². The predicted molar refractivity (Wildman–Crippen MR) is 106 cm³/mol. The van der Waals surface area contributed by atoms with Gasteiger partial charge < -0.3 is 18.7 Å². The number of methoxy groups -OCH3 is 1. The van der Waals surface area contributed by atoms with Gasteiger partial charge in [0.15, 0.2) is 6.61 Å². The Bertz CT molecular complexity index is 1140. The molecule has 0 aliphatic rings. The summed E-state index contributed by atoms with van der Waals surface area (Å²) < 4.78 is 21.5. The van der Waals surface area contributed by atoms with E-state index in [2.05, 4.69) is 15.1 Å². The number of hydrogen-bond acceptors (Lipinski definition) is 8. The molecule has 0 atom stereocenters. The third kappa shape index (κ3) is 4.27. The predicted octanol–water partition coefficient (Wildman–Crippen LogP) is 4.29. The highest BCUT2D eigenvalue weighted by Gasteiger charge is 2.18. The largest absolute Gasteiger partial charge is 0.496 e. The fourth-order valence-corrected chi connectivity index (χ4v) is 2.68. The van der Waals surface area contributed by atoms with Crippen molar-refractivity contribution in [2.75, 3.05) is 7.11 Å². The van der Waals surface area contributed by atoms with Crippen LogP contribution in [-0.2, 0) is 11.3 Å². The van der Waals surface area contributed by atoms with E-state index in [4.69, 9.17) is 18.7 Å². The lowest BCUT2D eigenvalue weighted by atomic mass is 10.2. The number of para-hydroxylation sites is 2. The van der Waals surface area contributed by atoms with Gasteiger partial charge in [0.1, 0.15) is 17.1 Å². The van der Waals surface area contributed by atoms with Gasteiger partial charge >= 0.3 is 5.97 Å². The number of ether oxygens (including phenoxy) is 3. The number of carbonyl (C=O) groups is 1. The second kappa shape index (κ2) is 8.87. The minimum absolute atomic E-state index is 0.147. The molecule has 0 fully saturated rings. The Labute approximate surface area is 172 Å². The zero-order valence-electron chi connectivity index (χ0n) is 16.0. The number of benzene rings is 2. The second-order valence-corrected chi connectivity index (χ2v) is 6.06. The molecular weight excluding hydrogens is 386 g/mol. The van der Waals surface area contributed by atoms with Crippen LogP contribution in [0.15, 0.2) is 77.4 Å². The molecule has 0 amide bonds. The van der Waals surface area contributed by atoms with E-state index in [1.54, 1.807) is 37.4 Å². The Morgan fingerprint density at radius 1 is 1.00 bits per heavy atom. The summed E-state index contributed by atoms with van der Waals surface area (Å²) in [5.41, 5.74) is 0.859. The summed E-state index contributed by atoms with van der Waals surface area (Å²) in [6.07, 6.45) is 1.53. The Morgan fingerprint density at radius 2 is 1.80 bits per heavy atom. The molecule has 8 nitrogen and oxygen atoms in total. The van der Waals surface area contributed by atoms with Crippen LogP contribution in [0.3, 0.4) is 0 Å². The monoisotopic (exact) mass is 403 g/mol. The molecule has 0 spiro atoms. The van der Waals surface area contributed by atoms with Gasteiger partial charge in [-0.05, 0) is 36.4 Å². The Morgan fingerprint density at radius 3 is 2.63 bits per heavy atom. The van der Waals surface area contributed by atoms with E-state index in [1.165, 1.54) is 6.20 Å². The van der Waals surface area contributed by atoms with Crippen LogP contribution in [0, 0.1) is 0 Å². The number of rotatable bonds is 7. The van der Waals surface area contributed by atoms with Crippen molar-refractivity contribution in [1.82, 2.24) is 15.1 Å². The first-order valence-corrected chi connectivity index (χ1v) is 9.05. The van der Waals surface area contributed by atoms with Crippen molar-refractivity contribution in [3.8, 4) is 28.8 Å². The smallest absolute Gasteiger partial charge is 0.344 e.